The third-order valence-electron chi connectivity index (χ3n) is 4.72. The molecule has 110 valence electrons. The highest BCUT2D eigenvalue weighted by Gasteiger charge is 2.68. The molecule has 1 saturated carbocycles. The maximum absolute atomic E-state index is 12.5. The van der Waals surface area contributed by atoms with Crippen LogP contribution in [0.1, 0.15) is 27.7 Å². The van der Waals surface area contributed by atoms with Crippen LogP contribution >= 0.6 is 0 Å². The monoisotopic (exact) mass is 270 g/mol. The standard InChI is InChI=1S/C14H26N2O3/c1-13(2)11(14(13,3)4)12(19)16(9-10(17)18)8-7-15(5)6/h11H,7-9H2,1-6H3,(H,17,18). The lowest BCUT2D eigenvalue weighted by molar-refractivity contribution is -0.145. The second-order valence-electron chi connectivity index (χ2n) is 6.83. The minimum Gasteiger partial charge on any atom is -0.480 e. The van der Waals surface area contributed by atoms with Crippen LogP contribution in [0.2, 0.25) is 0 Å². The Kier molecular flexibility index (Phi) is 4.30. The highest BCUT2D eigenvalue weighted by molar-refractivity contribution is 5.87. The number of hydrogen-bond donors (Lipinski definition) is 1. The Morgan fingerprint density at radius 3 is 1.84 bits per heavy atom. The van der Waals surface area contributed by atoms with Gasteiger partial charge in [0.2, 0.25) is 5.91 Å². The second kappa shape index (κ2) is 5.12. The summed E-state index contributed by atoms with van der Waals surface area (Å²) in [5.41, 5.74) is -0.113. The SMILES string of the molecule is CN(C)CCN(CC(=O)O)C(=O)C1C(C)(C)C1(C)C. The zero-order chi connectivity index (χ0) is 15.0. The van der Waals surface area contributed by atoms with Crippen LogP contribution in [0, 0.1) is 16.7 Å². The summed E-state index contributed by atoms with van der Waals surface area (Å²) in [6.07, 6.45) is 0. The average molecular weight is 270 g/mol. The Labute approximate surface area is 115 Å². The van der Waals surface area contributed by atoms with Crippen LogP contribution in [0.5, 0.6) is 0 Å². The first-order chi connectivity index (χ1) is 8.51. The molecule has 19 heavy (non-hydrogen) atoms. The van der Waals surface area contributed by atoms with Gasteiger partial charge in [-0.05, 0) is 24.9 Å². The van der Waals surface area contributed by atoms with Gasteiger partial charge in [0.15, 0.2) is 0 Å². The van der Waals surface area contributed by atoms with Crippen molar-refractivity contribution in [3.63, 3.8) is 0 Å². The summed E-state index contributed by atoms with van der Waals surface area (Å²) in [6, 6.07) is 0. The first-order valence-corrected chi connectivity index (χ1v) is 6.67. The minimum atomic E-state index is -0.955. The van der Waals surface area contributed by atoms with E-state index in [9.17, 15) is 9.59 Å². The van der Waals surface area contributed by atoms with Crippen molar-refractivity contribution in [1.29, 1.82) is 0 Å². The fourth-order valence-corrected chi connectivity index (χ4v) is 2.75. The summed E-state index contributed by atoms with van der Waals surface area (Å²) in [5.74, 6) is -1.07. The molecule has 1 aliphatic rings. The summed E-state index contributed by atoms with van der Waals surface area (Å²) in [7, 11) is 3.82. The molecule has 0 bridgehead atoms. The number of nitrogens with zero attached hydrogens (tertiary/aromatic N) is 2. The highest BCUT2D eigenvalue weighted by atomic mass is 16.4. The van der Waals surface area contributed by atoms with Crippen molar-refractivity contribution in [2.24, 2.45) is 16.7 Å². The molecule has 1 aliphatic carbocycles. The number of carbonyl (C=O) groups is 2. The molecular formula is C14H26N2O3. The van der Waals surface area contributed by atoms with Crippen LogP contribution in [-0.4, -0.2) is 60.5 Å². The zero-order valence-electron chi connectivity index (χ0n) is 12.9. The number of amides is 1. The molecule has 1 N–H and O–H groups in total. The normalized spacial score (nSPS) is 20.4. The molecule has 0 heterocycles. The molecule has 0 aliphatic heterocycles. The van der Waals surface area contributed by atoms with Gasteiger partial charge in [0.05, 0.1) is 0 Å². The van der Waals surface area contributed by atoms with Gasteiger partial charge in [-0.15, -0.1) is 0 Å². The predicted octanol–water partition coefficient (Wildman–Crippen LogP) is 1.14. The van der Waals surface area contributed by atoms with Gasteiger partial charge >= 0.3 is 5.97 Å². The molecule has 5 nitrogen and oxygen atoms in total. The lowest BCUT2D eigenvalue weighted by atomic mass is 10.0. The first kappa shape index (κ1) is 16.0. The smallest absolute Gasteiger partial charge is 0.323 e. The number of carboxylic acids is 1. The lowest BCUT2D eigenvalue weighted by Gasteiger charge is -2.23. The van der Waals surface area contributed by atoms with Gasteiger partial charge in [0, 0.05) is 19.0 Å². The fraction of sp³-hybridized carbons (Fsp3) is 0.857. The van der Waals surface area contributed by atoms with E-state index < -0.39 is 5.97 Å². The van der Waals surface area contributed by atoms with Crippen LogP contribution in [-0.2, 0) is 9.59 Å². The molecule has 0 aromatic heterocycles. The van der Waals surface area contributed by atoms with Gasteiger partial charge in [-0.25, -0.2) is 0 Å². The first-order valence-electron chi connectivity index (χ1n) is 6.67. The van der Waals surface area contributed by atoms with Crippen molar-refractivity contribution in [3.05, 3.63) is 0 Å². The third-order valence-corrected chi connectivity index (χ3v) is 4.72. The Bertz CT molecular complexity index is 361. The molecule has 0 radical (unpaired) electrons. The molecule has 1 amide bonds. The summed E-state index contributed by atoms with van der Waals surface area (Å²) in [6.45, 7) is 9.20. The molecule has 1 rings (SSSR count). The largest absolute Gasteiger partial charge is 0.480 e. The molecule has 0 unspecified atom stereocenters. The summed E-state index contributed by atoms with van der Waals surface area (Å²) >= 11 is 0. The van der Waals surface area contributed by atoms with Crippen molar-refractivity contribution in [1.82, 2.24) is 9.80 Å². The highest BCUT2D eigenvalue weighted by Crippen LogP contribution is 2.68. The molecule has 0 saturated heterocycles. The van der Waals surface area contributed by atoms with Gasteiger partial charge in [0.1, 0.15) is 6.54 Å². The van der Waals surface area contributed by atoms with Gasteiger partial charge in [-0.1, -0.05) is 27.7 Å². The summed E-state index contributed by atoms with van der Waals surface area (Å²) in [5, 5.41) is 8.95. The van der Waals surface area contributed by atoms with E-state index in [4.69, 9.17) is 5.11 Å². The Morgan fingerprint density at radius 1 is 1.05 bits per heavy atom. The average Bonchev–Trinajstić information content (AvgIpc) is 2.62. The van der Waals surface area contributed by atoms with Crippen LogP contribution in [0.4, 0.5) is 0 Å². The van der Waals surface area contributed by atoms with Gasteiger partial charge in [-0.2, -0.15) is 0 Å². The van der Waals surface area contributed by atoms with E-state index in [1.54, 1.807) is 0 Å². The van der Waals surface area contributed by atoms with Gasteiger partial charge < -0.3 is 14.9 Å². The van der Waals surface area contributed by atoms with E-state index >= 15 is 0 Å². The van der Waals surface area contributed by atoms with Crippen molar-refractivity contribution in [2.45, 2.75) is 27.7 Å². The predicted molar refractivity (Wildman–Crippen MR) is 73.8 cm³/mol. The van der Waals surface area contributed by atoms with Gasteiger partial charge in [0.25, 0.3) is 0 Å². The van der Waals surface area contributed by atoms with E-state index in [0.717, 1.165) is 0 Å². The molecule has 5 heteroatoms. The molecule has 0 aromatic carbocycles. The van der Waals surface area contributed by atoms with E-state index in [-0.39, 0.29) is 29.2 Å². The quantitative estimate of drug-likeness (QED) is 0.786. The Balaban J connectivity index is 2.76. The number of hydrogen-bond acceptors (Lipinski definition) is 3. The van der Waals surface area contributed by atoms with Crippen molar-refractivity contribution in [3.8, 4) is 0 Å². The maximum atomic E-state index is 12.5. The van der Waals surface area contributed by atoms with Crippen molar-refractivity contribution in [2.75, 3.05) is 33.7 Å². The molecule has 0 aromatic rings. The lowest BCUT2D eigenvalue weighted by Crippen LogP contribution is -2.41. The maximum Gasteiger partial charge on any atom is 0.323 e. The van der Waals surface area contributed by atoms with Crippen LogP contribution in [0.3, 0.4) is 0 Å². The topological polar surface area (TPSA) is 60.9 Å². The van der Waals surface area contributed by atoms with E-state index in [1.165, 1.54) is 4.90 Å². The van der Waals surface area contributed by atoms with E-state index in [1.807, 2.05) is 19.0 Å². The van der Waals surface area contributed by atoms with E-state index in [2.05, 4.69) is 27.7 Å². The number of likely N-dealkylation sites (N-methyl/N-ethyl adjacent to an activating group) is 1. The number of carboxylic acid groups (broad SMARTS) is 1. The van der Waals surface area contributed by atoms with Gasteiger partial charge in [-0.3, -0.25) is 9.59 Å². The number of carbonyl (C=O) groups excluding carboxylic acids is 1. The zero-order valence-corrected chi connectivity index (χ0v) is 12.9. The fourth-order valence-electron chi connectivity index (χ4n) is 2.75. The third kappa shape index (κ3) is 3.08. The van der Waals surface area contributed by atoms with Crippen LogP contribution in [0.15, 0.2) is 0 Å². The summed E-state index contributed by atoms with van der Waals surface area (Å²) < 4.78 is 0. The number of rotatable bonds is 6. The van der Waals surface area contributed by atoms with Crippen LogP contribution in [0.25, 0.3) is 0 Å². The Morgan fingerprint density at radius 2 is 1.53 bits per heavy atom. The molecule has 0 atom stereocenters. The summed E-state index contributed by atoms with van der Waals surface area (Å²) in [4.78, 5) is 26.9. The molecular weight excluding hydrogens is 244 g/mol. The number of aliphatic carboxylic acids is 1. The van der Waals surface area contributed by atoms with Crippen molar-refractivity contribution >= 4 is 11.9 Å². The van der Waals surface area contributed by atoms with E-state index in [0.29, 0.717) is 13.1 Å². The molecule has 1 fully saturated rings. The van der Waals surface area contributed by atoms with Crippen molar-refractivity contribution < 1.29 is 14.7 Å². The second-order valence-corrected chi connectivity index (χ2v) is 6.83. The molecule has 0 spiro atoms. The minimum absolute atomic E-state index is 0.0285. The van der Waals surface area contributed by atoms with Crippen LogP contribution < -0.4 is 0 Å². The Hall–Kier alpha value is -1.10.